The molecule has 5 rings (SSSR count). The first-order chi connectivity index (χ1) is 21.9. The molecule has 0 saturated carbocycles. The van der Waals surface area contributed by atoms with Gasteiger partial charge >= 0.3 is 12.4 Å². The van der Waals surface area contributed by atoms with Crippen LogP contribution >= 0.6 is 0 Å². The number of nitrogens with zero attached hydrogens (tertiary/aromatic N) is 2. The molecule has 0 spiro atoms. The molecule has 248 valence electrons. The summed E-state index contributed by atoms with van der Waals surface area (Å²) in [5.41, 5.74) is -2.73. The quantitative estimate of drug-likeness (QED) is 0.221. The van der Waals surface area contributed by atoms with Gasteiger partial charge in [0.2, 0.25) is 11.5 Å². The first kappa shape index (κ1) is 33.4. The molecule has 47 heavy (non-hydrogen) atoms. The van der Waals surface area contributed by atoms with Gasteiger partial charge in [0, 0.05) is 28.3 Å². The average Bonchev–Trinajstić information content (AvgIpc) is 3.41. The Kier molecular flexibility index (Phi) is 8.29. The van der Waals surface area contributed by atoms with E-state index in [1.165, 1.54) is 12.1 Å². The zero-order chi connectivity index (χ0) is 34.5. The number of primary amides is 1. The summed E-state index contributed by atoms with van der Waals surface area (Å²) in [7, 11) is 1.16. The number of fused-ring (bicyclic) bond motifs is 2. The largest absolute Gasteiger partial charge is 0.494 e. The van der Waals surface area contributed by atoms with Gasteiger partial charge in [0.25, 0.3) is 5.91 Å². The molecule has 2 aromatic heterocycles. The second-order valence-electron chi connectivity index (χ2n) is 10.8. The van der Waals surface area contributed by atoms with Crippen LogP contribution in [0.2, 0.25) is 0 Å². The number of hydrogen-bond donors (Lipinski definition) is 3. The van der Waals surface area contributed by atoms with E-state index in [1.807, 2.05) is 5.32 Å². The van der Waals surface area contributed by atoms with Crippen molar-refractivity contribution in [3.05, 3.63) is 82.9 Å². The van der Waals surface area contributed by atoms with Crippen LogP contribution in [-0.4, -0.2) is 53.3 Å². The monoisotopic (exact) mass is 666 g/mol. The van der Waals surface area contributed by atoms with E-state index in [4.69, 9.17) is 15.2 Å². The summed E-state index contributed by atoms with van der Waals surface area (Å²) in [5.74, 6) is -3.02. The molecule has 0 bridgehead atoms. The van der Waals surface area contributed by atoms with Crippen LogP contribution < -0.4 is 20.5 Å². The summed E-state index contributed by atoms with van der Waals surface area (Å²) < 4.78 is 109. The van der Waals surface area contributed by atoms with Gasteiger partial charge in [-0.05, 0) is 55.0 Å². The van der Waals surface area contributed by atoms with E-state index in [0.717, 1.165) is 37.4 Å². The molecule has 2 aromatic carbocycles. The Hall–Kier alpha value is -4.99. The lowest BCUT2D eigenvalue weighted by molar-refractivity contribution is -0.265. The predicted molar refractivity (Wildman–Crippen MR) is 152 cm³/mol. The van der Waals surface area contributed by atoms with Crippen molar-refractivity contribution in [2.45, 2.75) is 36.7 Å². The van der Waals surface area contributed by atoms with Crippen LogP contribution in [0.4, 0.5) is 30.7 Å². The Bertz CT molecular complexity index is 1880. The van der Waals surface area contributed by atoms with E-state index in [9.17, 15) is 45.4 Å². The number of benzene rings is 2. The first-order valence-corrected chi connectivity index (χ1v) is 13.8. The molecule has 0 unspecified atom stereocenters. The number of alkyl halides is 6. The predicted octanol–water partition coefficient (Wildman–Crippen LogP) is 5.17. The topological polar surface area (TPSA) is 137 Å². The van der Waals surface area contributed by atoms with Crippen LogP contribution in [0.25, 0.3) is 22.2 Å². The van der Waals surface area contributed by atoms with Gasteiger partial charge in [-0.2, -0.15) is 26.3 Å². The Balaban J connectivity index is 1.60. The van der Waals surface area contributed by atoms with E-state index >= 15 is 0 Å². The van der Waals surface area contributed by atoms with Gasteiger partial charge < -0.3 is 25.6 Å². The molecule has 4 N–H and O–H groups in total. The molecule has 2 atom stereocenters. The fourth-order valence-corrected chi connectivity index (χ4v) is 5.30. The second-order valence-corrected chi connectivity index (χ2v) is 10.8. The third kappa shape index (κ3) is 5.77. The van der Waals surface area contributed by atoms with Gasteiger partial charge in [-0.25, -0.2) is 9.37 Å². The Labute approximate surface area is 261 Å². The average molecular weight is 667 g/mol. The lowest BCUT2D eigenvalue weighted by Crippen LogP contribution is -2.52. The maximum absolute atomic E-state index is 14.7. The number of amides is 2. The number of ether oxygens (including phenoxy) is 2. The van der Waals surface area contributed by atoms with Crippen molar-refractivity contribution in [2.24, 2.45) is 5.73 Å². The fraction of sp³-hybridized carbons (Fsp3) is 0.290. The van der Waals surface area contributed by atoms with Crippen molar-refractivity contribution in [2.75, 3.05) is 20.3 Å². The lowest BCUT2D eigenvalue weighted by atomic mass is 9.78. The molecule has 2 amide bonds. The second kappa shape index (κ2) is 11.7. The summed E-state index contributed by atoms with van der Waals surface area (Å²) >= 11 is 0. The minimum absolute atomic E-state index is 0.00245. The third-order valence-corrected chi connectivity index (χ3v) is 8.10. The zero-order valence-electron chi connectivity index (χ0n) is 24.5. The zero-order valence-corrected chi connectivity index (χ0v) is 24.5. The van der Waals surface area contributed by atoms with Crippen molar-refractivity contribution in [1.82, 2.24) is 15.3 Å². The molecule has 16 heteroatoms. The van der Waals surface area contributed by atoms with Crippen LogP contribution in [-0.2, 0) is 22.0 Å². The van der Waals surface area contributed by atoms with Gasteiger partial charge in [-0.15, -0.1) is 0 Å². The van der Waals surface area contributed by atoms with Gasteiger partial charge in [0.15, 0.2) is 0 Å². The highest BCUT2D eigenvalue weighted by atomic mass is 19.4. The number of pyridine rings is 2. The van der Waals surface area contributed by atoms with Crippen molar-refractivity contribution in [3.8, 4) is 22.8 Å². The van der Waals surface area contributed by atoms with Gasteiger partial charge in [0.1, 0.15) is 40.5 Å². The summed E-state index contributed by atoms with van der Waals surface area (Å²) in [6.07, 6.45) is -9.71. The van der Waals surface area contributed by atoms with Crippen molar-refractivity contribution >= 4 is 22.7 Å². The number of nitrogens with two attached hydrogens (primary N) is 1. The van der Waals surface area contributed by atoms with Crippen molar-refractivity contribution in [3.63, 3.8) is 0 Å². The first-order valence-electron chi connectivity index (χ1n) is 13.8. The maximum Gasteiger partial charge on any atom is 0.424 e. The maximum atomic E-state index is 14.7. The SMILES string of the molecule is CC[C@@]1(C(N)=O)COc2c1cc([C@@](O)(CNC(=O)c1cc(OC)c3ncc(C(F)(F)F)cc3c1)C(F)(F)F)nc2-c1ccc(F)cc1. The molecule has 3 heterocycles. The summed E-state index contributed by atoms with van der Waals surface area (Å²) in [6, 6.07) is 8.02. The van der Waals surface area contributed by atoms with Crippen molar-refractivity contribution in [1.29, 1.82) is 0 Å². The Morgan fingerprint density at radius 2 is 1.77 bits per heavy atom. The number of aromatic nitrogens is 2. The molecule has 0 saturated heterocycles. The normalized spacial score (nSPS) is 17.5. The molecule has 0 radical (unpaired) electrons. The van der Waals surface area contributed by atoms with E-state index < -0.39 is 64.4 Å². The summed E-state index contributed by atoms with van der Waals surface area (Å²) in [6.45, 7) is -0.312. The molecular weight excluding hydrogens is 641 g/mol. The van der Waals surface area contributed by atoms with E-state index in [2.05, 4.69) is 9.97 Å². The Morgan fingerprint density at radius 3 is 2.34 bits per heavy atom. The number of hydrogen-bond acceptors (Lipinski definition) is 7. The van der Waals surface area contributed by atoms with Gasteiger partial charge in [-0.1, -0.05) is 6.92 Å². The number of rotatable bonds is 8. The third-order valence-electron chi connectivity index (χ3n) is 8.10. The van der Waals surface area contributed by atoms with E-state index in [1.54, 1.807) is 6.92 Å². The molecule has 1 aliphatic heterocycles. The highest BCUT2D eigenvalue weighted by Gasteiger charge is 2.58. The number of carbonyl (C=O) groups is 2. The van der Waals surface area contributed by atoms with E-state index in [0.29, 0.717) is 12.3 Å². The molecule has 4 aromatic rings. The number of halogens is 7. The van der Waals surface area contributed by atoms with Crippen LogP contribution in [0.1, 0.15) is 40.5 Å². The number of methoxy groups -OCH3 is 1. The number of carbonyl (C=O) groups excluding carboxylic acids is 2. The number of aliphatic hydroxyl groups is 1. The van der Waals surface area contributed by atoms with Crippen LogP contribution in [0.5, 0.6) is 11.5 Å². The van der Waals surface area contributed by atoms with Gasteiger partial charge in [0.05, 0.1) is 24.9 Å². The summed E-state index contributed by atoms with van der Waals surface area (Å²) in [5, 5.41) is 13.0. The van der Waals surface area contributed by atoms with Gasteiger partial charge in [-0.3, -0.25) is 14.6 Å². The Morgan fingerprint density at radius 1 is 1.09 bits per heavy atom. The van der Waals surface area contributed by atoms with Crippen LogP contribution in [0.15, 0.2) is 54.7 Å². The summed E-state index contributed by atoms with van der Waals surface area (Å²) in [4.78, 5) is 33.6. The number of nitrogens with one attached hydrogen (secondary N) is 1. The fourth-order valence-electron chi connectivity index (χ4n) is 5.30. The highest BCUT2D eigenvalue weighted by Crippen LogP contribution is 2.49. The molecular formula is C31H25F7N4O5. The highest BCUT2D eigenvalue weighted by molar-refractivity contribution is 6.00. The molecule has 0 aliphatic carbocycles. The smallest absolute Gasteiger partial charge is 0.424 e. The van der Waals surface area contributed by atoms with Crippen LogP contribution in [0, 0.1) is 5.82 Å². The van der Waals surface area contributed by atoms with Crippen LogP contribution in [0.3, 0.4) is 0 Å². The standard InChI is InChI=1S/C31H25F7N4O5/c1-3-28(27(39)44)14-47-25-20(28)11-22(42-24(25)15-4-6-19(32)7-5-15)29(45,31(36,37)38)13-41-26(43)17-8-16-9-18(30(33,34)35)12-40-23(16)21(10-17)46-2/h4-12,45H,3,13-14H2,1-2H3,(H2,39,44)(H,41,43)/t28-,29+/m1/s1. The molecule has 0 fully saturated rings. The minimum Gasteiger partial charge on any atom is -0.494 e. The lowest BCUT2D eigenvalue weighted by Gasteiger charge is -2.32. The van der Waals surface area contributed by atoms with E-state index in [-0.39, 0.29) is 52.3 Å². The van der Waals surface area contributed by atoms with Crippen molar-refractivity contribution < 1.29 is 54.9 Å². The molecule has 9 nitrogen and oxygen atoms in total. The minimum atomic E-state index is -5.49. The molecule has 1 aliphatic rings.